The van der Waals surface area contributed by atoms with E-state index in [1.165, 1.54) is 23.5 Å². The van der Waals surface area contributed by atoms with Crippen LogP contribution in [-0.4, -0.2) is 22.8 Å². The number of aromatic nitrogens is 1. The molecule has 0 spiro atoms. The first-order chi connectivity index (χ1) is 11.6. The number of halogens is 1. The molecule has 2 rings (SSSR count). The highest BCUT2D eigenvalue weighted by molar-refractivity contribution is 7.16. The van der Waals surface area contributed by atoms with Crippen molar-refractivity contribution in [3.05, 3.63) is 35.0 Å². The van der Waals surface area contributed by atoms with Crippen LogP contribution in [0.2, 0.25) is 0 Å². The van der Waals surface area contributed by atoms with Crippen molar-refractivity contribution in [3.8, 4) is 11.3 Å². The van der Waals surface area contributed by atoms with Gasteiger partial charge < -0.3 is 10.6 Å². The minimum atomic E-state index is -0.676. The largest absolute Gasteiger partial charge is 0.344 e. The van der Waals surface area contributed by atoms with E-state index in [1.807, 2.05) is 6.92 Å². The van der Waals surface area contributed by atoms with Gasteiger partial charge in [-0.25, -0.2) is 9.37 Å². The summed E-state index contributed by atoms with van der Waals surface area (Å²) in [5.74, 6) is -0.844. The minimum Gasteiger partial charge on any atom is -0.344 e. The summed E-state index contributed by atoms with van der Waals surface area (Å²) < 4.78 is 13.0. The van der Waals surface area contributed by atoms with Gasteiger partial charge in [0.15, 0.2) is 5.13 Å². The van der Waals surface area contributed by atoms with Crippen LogP contribution in [0.1, 0.15) is 32.6 Å². The molecule has 134 valence electrons. The van der Waals surface area contributed by atoms with Gasteiger partial charge in [-0.3, -0.25) is 9.59 Å². The molecule has 1 aromatic heterocycles. The third-order valence-electron chi connectivity index (χ3n) is 3.57. The third kappa shape index (κ3) is 4.85. The van der Waals surface area contributed by atoms with E-state index >= 15 is 0 Å². The molecule has 0 saturated heterocycles. The van der Waals surface area contributed by atoms with Crippen LogP contribution >= 0.6 is 11.3 Å². The van der Waals surface area contributed by atoms with Gasteiger partial charge in [0, 0.05) is 15.9 Å². The normalized spacial score (nSPS) is 12.6. The van der Waals surface area contributed by atoms with E-state index < -0.39 is 11.5 Å². The zero-order valence-corrected chi connectivity index (χ0v) is 15.8. The Kier molecular flexibility index (Phi) is 5.57. The second-order valence-electron chi connectivity index (χ2n) is 6.87. The summed E-state index contributed by atoms with van der Waals surface area (Å²) in [6.45, 7) is 8.86. The van der Waals surface area contributed by atoms with Crippen LogP contribution in [0.25, 0.3) is 11.3 Å². The number of amides is 2. The van der Waals surface area contributed by atoms with Gasteiger partial charge in [0.05, 0.1) is 5.69 Å². The van der Waals surface area contributed by atoms with Crippen LogP contribution in [0.15, 0.2) is 24.3 Å². The Bertz CT molecular complexity index is 779. The van der Waals surface area contributed by atoms with Gasteiger partial charge in [0.1, 0.15) is 11.9 Å². The second-order valence-corrected chi connectivity index (χ2v) is 8.07. The van der Waals surface area contributed by atoms with E-state index in [0.29, 0.717) is 10.8 Å². The Morgan fingerprint density at radius 1 is 1.20 bits per heavy atom. The molecule has 7 heteroatoms. The summed E-state index contributed by atoms with van der Waals surface area (Å²) in [4.78, 5) is 29.6. The van der Waals surface area contributed by atoms with Crippen molar-refractivity contribution in [2.45, 2.75) is 40.7 Å². The lowest BCUT2D eigenvalue weighted by Gasteiger charge is -2.21. The van der Waals surface area contributed by atoms with Crippen molar-refractivity contribution in [2.75, 3.05) is 5.32 Å². The molecule has 0 fully saturated rings. The Labute approximate surface area is 150 Å². The number of benzene rings is 1. The maximum atomic E-state index is 13.0. The molecular formula is C18H22FN3O2S. The highest BCUT2D eigenvalue weighted by atomic mass is 32.1. The molecule has 2 aromatic rings. The second kappa shape index (κ2) is 7.31. The minimum absolute atomic E-state index is 0.197. The van der Waals surface area contributed by atoms with E-state index in [-0.39, 0.29) is 17.6 Å². The molecule has 0 saturated carbocycles. The first-order valence-corrected chi connectivity index (χ1v) is 8.75. The summed E-state index contributed by atoms with van der Waals surface area (Å²) in [6.07, 6.45) is 0. The van der Waals surface area contributed by atoms with Crippen LogP contribution in [0.3, 0.4) is 0 Å². The fourth-order valence-electron chi connectivity index (χ4n) is 2.02. The molecule has 2 N–H and O–H groups in total. The van der Waals surface area contributed by atoms with Crippen LogP contribution in [-0.2, 0) is 9.59 Å². The average molecular weight is 363 g/mol. The van der Waals surface area contributed by atoms with E-state index in [0.717, 1.165) is 10.4 Å². The molecule has 1 atom stereocenters. The number of nitrogens with zero attached hydrogens (tertiary/aromatic N) is 1. The van der Waals surface area contributed by atoms with Crippen LogP contribution in [0.5, 0.6) is 0 Å². The molecule has 0 radical (unpaired) electrons. The number of carbonyl (C=O) groups excluding carboxylic acids is 2. The molecule has 1 heterocycles. The van der Waals surface area contributed by atoms with Gasteiger partial charge >= 0.3 is 0 Å². The lowest BCUT2D eigenvalue weighted by atomic mass is 9.95. The van der Waals surface area contributed by atoms with Gasteiger partial charge in [-0.15, -0.1) is 11.3 Å². The summed E-state index contributed by atoms with van der Waals surface area (Å²) in [7, 11) is 0. The van der Waals surface area contributed by atoms with Gasteiger partial charge in [-0.1, -0.05) is 20.8 Å². The predicted molar refractivity (Wildman–Crippen MR) is 97.9 cm³/mol. The number of rotatable bonds is 4. The van der Waals surface area contributed by atoms with Gasteiger partial charge in [0.2, 0.25) is 11.8 Å². The quantitative estimate of drug-likeness (QED) is 0.869. The van der Waals surface area contributed by atoms with Crippen molar-refractivity contribution in [1.82, 2.24) is 10.3 Å². The molecule has 25 heavy (non-hydrogen) atoms. The highest BCUT2D eigenvalue weighted by Gasteiger charge is 2.25. The van der Waals surface area contributed by atoms with Crippen LogP contribution in [0.4, 0.5) is 9.52 Å². The number of carbonyl (C=O) groups is 2. The molecule has 1 aromatic carbocycles. The number of hydrogen-bond acceptors (Lipinski definition) is 4. The summed E-state index contributed by atoms with van der Waals surface area (Å²) >= 11 is 1.33. The number of hydrogen-bond donors (Lipinski definition) is 2. The van der Waals surface area contributed by atoms with Crippen molar-refractivity contribution in [3.63, 3.8) is 0 Å². The van der Waals surface area contributed by atoms with Crippen molar-refractivity contribution < 1.29 is 14.0 Å². The lowest BCUT2D eigenvalue weighted by Crippen LogP contribution is -2.46. The zero-order chi connectivity index (χ0) is 18.8. The van der Waals surface area contributed by atoms with Crippen LogP contribution < -0.4 is 10.6 Å². The number of aryl methyl sites for hydroxylation is 1. The number of nitrogens with one attached hydrogen (secondary N) is 2. The molecule has 0 aliphatic carbocycles. The topological polar surface area (TPSA) is 71.1 Å². The van der Waals surface area contributed by atoms with E-state index in [2.05, 4.69) is 15.6 Å². The summed E-state index contributed by atoms with van der Waals surface area (Å²) in [6, 6.07) is 5.36. The highest BCUT2D eigenvalue weighted by Crippen LogP contribution is 2.30. The van der Waals surface area contributed by atoms with Gasteiger partial charge in [-0.2, -0.15) is 0 Å². The Morgan fingerprint density at radius 2 is 1.80 bits per heavy atom. The van der Waals surface area contributed by atoms with Crippen molar-refractivity contribution in [1.29, 1.82) is 0 Å². The molecule has 0 aliphatic rings. The molecule has 1 unspecified atom stereocenters. The van der Waals surface area contributed by atoms with Gasteiger partial charge in [-0.05, 0) is 38.1 Å². The van der Waals surface area contributed by atoms with Crippen molar-refractivity contribution >= 4 is 28.3 Å². The third-order valence-corrected chi connectivity index (χ3v) is 4.45. The molecule has 0 bridgehead atoms. The SMILES string of the molecule is Cc1sc(NC(=O)C(C)NC(=O)C(C)(C)C)nc1-c1ccc(F)cc1. The molecule has 2 amide bonds. The number of thiazole rings is 1. The monoisotopic (exact) mass is 363 g/mol. The van der Waals surface area contributed by atoms with E-state index in [9.17, 15) is 14.0 Å². The number of anilines is 1. The first kappa shape index (κ1) is 19.1. The first-order valence-electron chi connectivity index (χ1n) is 7.93. The fourth-order valence-corrected chi connectivity index (χ4v) is 2.86. The standard InChI is InChI=1S/C18H22FN3O2S/c1-10(20-16(24)18(3,4)5)15(23)22-17-21-14(11(2)25-17)12-6-8-13(19)9-7-12/h6-10H,1-5H3,(H,20,24)(H,21,22,23). The smallest absolute Gasteiger partial charge is 0.248 e. The maximum absolute atomic E-state index is 13.0. The molecule has 5 nitrogen and oxygen atoms in total. The van der Waals surface area contributed by atoms with E-state index in [4.69, 9.17) is 0 Å². The Balaban J connectivity index is 2.08. The molecule has 0 aliphatic heterocycles. The van der Waals surface area contributed by atoms with Crippen LogP contribution in [0, 0.1) is 18.2 Å². The molecular weight excluding hydrogens is 341 g/mol. The maximum Gasteiger partial charge on any atom is 0.248 e. The Morgan fingerprint density at radius 3 is 2.36 bits per heavy atom. The fraction of sp³-hybridized carbons (Fsp3) is 0.389. The lowest BCUT2D eigenvalue weighted by molar-refractivity contribution is -0.131. The van der Waals surface area contributed by atoms with Crippen molar-refractivity contribution in [2.24, 2.45) is 5.41 Å². The summed E-state index contributed by atoms with van der Waals surface area (Å²) in [5, 5.41) is 5.85. The van der Waals surface area contributed by atoms with Gasteiger partial charge in [0.25, 0.3) is 0 Å². The summed E-state index contributed by atoms with van der Waals surface area (Å²) in [5.41, 5.74) is 0.915. The predicted octanol–water partition coefficient (Wildman–Crippen LogP) is 3.75. The Hall–Kier alpha value is -2.28. The van der Waals surface area contributed by atoms with E-state index in [1.54, 1.807) is 39.8 Å². The zero-order valence-electron chi connectivity index (χ0n) is 14.9. The average Bonchev–Trinajstić information content (AvgIpc) is 2.87.